The van der Waals surface area contributed by atoms with Crippen molar-refractivity contribution in [2.24, 2.45) is 0 Å². The Morgan fingerprint density at radius 2 is 1.72 bits per heavy atom. The smallest absolute Gasteiger partial charge is 0.258 e. The molecular weight excluding hydrogens is 368 g/mol. The first kappa shape index (κ1) is 19.4. The number of piperazine rings is 1. The topological polar surface area (TPSA) is 77.0 Å². The molecule has 1 N–H and O–H groups in total. The summed E-state index contributed by atoms with van der Waals surface area (Å²) in [5, 5.41) is 10.0. The molecule has 7 heteroatoms. The second-order valence-electron chi connectivity index (χ2n) is 7.63. The highest BCUT2D eigenvalue weighted by atomic mass is 16.3. The van der Waals surface area contributed by atoms with E-state index in [1.807, 2.05) is 17.0 Å². The van der Waals surface area contributed by atoms with Gasteiger partial charge in [0.15, 0.2) is 0 Å². The first-order valence-electron chi connectivity index (χ1n) is 10.1. The van der Waals surface area contributed by atoms with Crippen molar-refractivity contribution in [2.75, 3.05) is 32.7 Å². The van der Waals surface area contributed by atoms with Crippen LogP contribution in [0.15, 0.2) is 48.8 Å². The van der Waals surface area contributed by atoms with Crippen molar-refractivity contribution in [3.05, 3.63) is 59.9 Å². The van der Waals surface area contributed by atoms with E-state index in [1.165, 1.54) is 11.6 Å². The van der Waals surface area contributed by atoms with E-state index in [0.29, 0.717) is 26.1 Å². The van der Waals surface area contributed by atoms with E-state index >= 15 is 0 Å². The average Bonchev–Trinajstić information content (AvgIpc) is 3.24. The van der Waals surface area contributed by atoms with Gasteiger partial charge in [-0.15, -0.1) is 0 Å². The second-order valence-corrected chi connectivity index (χ2v) is 7.63. The maximum Gasteiger partial charge on any atom is 0.258 e. The van der Waals surface area contributed by atoms with E-state index in [1.54, 1.807) is 35.5 Å². The fourth-order valence-corrected chi connectivity index (χ4v) is 4.16. The highest BCUT2D eigenvalue weighted by molar-refractivity contribution is 5.99. The standard InChI is InChI=1S/C22H26N4O3/c27-20-6-2-1-4-18(20)21(28)26-11-3-5-19(26)22(29)25-14-12-24(13-15-25)16-17-7-9-23-10-8-17/h1-2,4,6-10,19,27H,3,5,11-16H2. The predicted octanol–water partition coefficient (Wildman–Crippen LogP) is 1.74. The Morgan fingerprint density at radius 1 is 1.00 bits per heavy atom. The third kappa shape index (κ3) is 4.24. The minimum Gasteiger partial charge on any atom is -0.507 e. The van der Waals surface area contributed by atoms with Crippen LogP contribution in [0.1, 0.15) is 28.8 Å². The number of carbonyl (C=O) groups excluding carboxylic acids is 2. The molecule has 2 aliphatic heterocycles. The predicted molar refractivity (Wildman–Crippen MR) is 108 cm³/mol. The Labute approximate surface area is 170 Å². The Kier molecular flexibility index (Phi) is 5.76. The number of rotatable bonds is 4. The minimum atomic E-state index is -0.436. The zero-order chi connectivity index (χ0) is 20.2. The molecule has 3 heterocycles. The van der Waals surface area contributed by atoms with Crippen LogP contribution in [0, 0.1) is 0 Å². The number of amides is 2. The van der Waals surface area contributed by atoms with Gasteiger partial charge in [0.2, 0.25) is 5.91 Å². The summed E-state index contributed by atoms with van der Waals surface area (Å²) in [6.07, 6.45) is 5.07. The van der Waals surface area contributed by atoms with Crippen LogP contribution in [0.5, 0.6) is 5.75 Å². The molecule has 0 bridgehead atoms. The number of hydrogen-bond donors (Lipinski definition) is 1. The number of pyridine rings is 1. The molecule has 152 valence electrons. The normalized spacial score (nSPS) is 20.1. The summed E-state index contributed by atoms with van der Waals surface area (Å²) in [6, 6.07) is 10.1. The highest BCUT2D eigenvalue weighted by Crippen LogP contribution is 2.26. The lowest BCUT2D eigenvalue weighted by Gasteiger charge is -2.37. The zero-order valence-electron chi connectivity index (χ0n) is 16.4. The number of hydrogen-bond acceptors (Lipinski definition) is 5. The summed E-state index contributed by atoms with van der Waals surface area (Å²) in [5.74, 6) is -0.287. The SMILES string of the molecule is O=C(C1CCCN1C(=O)c1ccccc1O)N1CCN(Cc2ccncc2)CC1. The number of nitrogens with zero attached hydrogens (tertiary/aromatic N) is 4. The summed E-state index contributed by atoms with van der Waals surface area (Å²) in [6.45, 7) is 4.36. The third-order valence-electron chi connectivity index (χ3n) is 5.77. The van der Waals surface area contributed by atoms with E-state index in [9.17, 15) is 14.7 Å². The summed E-state index contributed by atoms with van der Waals surface area (Å²) in [7, 11) is 0. The molecule has 2 amide bonds. The van der Waals surface area contributed by atoms with Crippen molar-refractivity contribution in [2.45, 2.75) is 25.4 Å². The first-order chi connectivity index (χ1) is 14.1. The molecule has 0 aliphatic carbocycles. The number of aromatic hydroxyl groups is 1. The average molecular weight is 394 g/mol. The zero-order valence-corrected chi connectivity index (χ0v) is 16.4. The molecule has 29 heavy (non-hydrogen) atoms. The van der Waals surface area contributed by atoms with E-state index < -0.39 is 6.04 Å². The Hall–Kier alpha value is -2.93. The van der Waals surface area contributed by atoms with Crippen molar-refractivity contribution in [3.8, 4) is 5.75 Å². The number of benzene rings is 1. The van der Waals surface area contributed by atoms with Gasteiger partial charge >= 0.3 is 0 Å². The largest absolute Gasteiger partial charge is 0.507 e. The van der Waals surface area contributed by atoms with Crippen molar-refractivity contribution < 1.29 is 14.7 Å². The molecule has 1 unspecified atom stereocenters. The van der Waals surface area contributed by atoms with Crippen LogP contribution in [0.2, 0.25) is 0 Å². The highest BCUT2D eigenvalue weighted by Gasteiger charge is 2.38. The molecule has 1 aromatic carbocycles. The molecule has 1 atom stereocenters. The third-order valence-corrected chi connectivity index (χ3v) is 5.77. The Balaban J connectivity index is 1.37. The quantitative estimate of drug-likeness (QED) is 0.855. The van der Waals surface area contributed by atoms with Gasteiger partial charge in [-0.25, -0.2) is 0 Å². The van der Waals surface area contributed by atoms with Gasteiger partial charge in [0.25, 0.3) is 5.91 Å². The van der Waals surface area contributed by atoms with Crippen LogP contribution in [-0.4, -0.2) is 75.4 Å². The summed E-state index contributed by atoms with van der Waals surface area (Å²) < 4.78 is 0. The fraction of sp³-hybridized carbons (Fsp3) is 0.409. The van der Waals surface area contributed by atoms with Gasteiger partial charge in [-0.1, -0.05) is 12.1 Å². The number of carbonyl (C=O) groups is 2. The molecule has 2 saturated heterocycles. The number of phenolic OH excluding ortho intramolecular Hbond substituents is 1. The molecule has 2 fully saturated rings. The molecule has 0 saturated carbocycles. The summed E-state index contributed by atoms with van der Waals surface area (Å²) >= 11 is 0. The molecular formula is C22H26N4O3. The molecule has 4 rings (SSSR count). The van der Waals surface area contributed by atoms with Gasteiger partial charge < -0.3 is 14.9 Å². The Morgan fingerprint density at radius 3 is 2.45 bits per heavy atom. The van der Waals surface area contributed by atoms with Gasteiger partial charge in [0.1, 0.15) is 11.8 Å². The summed E-state index contributed by atoms with van der Waals surface area (Å²) in [5.41, 5.74) is 1.48. The lowest BCUT2D eigenvalue weighted by atomic mass is 10.1. The van der Waals surface area contributed by atoms with Crippen LogP contribution in [0.4, 0.5) is 0 Å². The van der Waals surface area contributed by atoms with Gasteiger partial charge in [-0.05, 0) is 42.7 Å². The van der Waals surface area contributed by atoms with Crippen molar-refractivity contribution in [3.63, 3.8) is 0 Å². The van der Waals surface area contributed by atoms with Gasteiger partial charge in [-0.3, -0.25) is 19.5 Å². The lowest BCUT2D eigenvalue weighted by Crippen LogP contribution is -2.54. The molecule has 1 aromatic heterocycles. The van der Waals surface area contributed by atoms with Crippen LogP contribution >= 0.6 is 0 Å². The van der Waals surface area contributed by atoms with Crippen LogP contribution in [0.25, 0.3) is 0 Å². The van der Waals surface area contributed by atoms with Crippen LogP contribution in [0.3, 0.4) is 0 Å². The number of likely N-dealkylation sites (tertiary alicyclic amines) is 1. The van der Waals surface area contributed by atoms with Gasteiger partial charge in [0, 0.05) is 51.7 Å². The van der Waals surface area contributed by atoms with E-state index in [2.05, 4.69) is 9.88 Å². The van der Waals surface area contributed by atoms with Crippen molar-refractivity contribution >= 4 is 11.8 Å². The van der Waals surface area contributed by atoms with E-state index in [-0.39, 0.29) is 23.1 Å². The number of para-hydroxylation sites is 1. The van der Waals surface area contributed by atoms with Gasteiger partial charge in [-0.2, -0.15) is 0 Å². The minimum absolute atomic E-state index is 0.0230. The monoisotopic (exact) mass is 394 g/mol. The van der Waals surface area contributed by atoms with Crippen LogP contribution < -0.4 is 0 Å². The van der Waals surface area contributed by atoms with E-state index in [0.717, 1.165) is 26.1 Å². The molecule has 2 aromatic rings. The number of phenols is 1. The molecule has 0 radical (unpaired) electrons. The maximum atomic E-state index is 13.1. The molecule has 2 aliphatic rings. The lowest BCUT2D eigenvalue weighted by molar-refractivity contribution is -0.137. The van der Waals surface area contributed by atoms with Gasteiger partial charge in [0.05, 0.1) is 5.56 Å². The molecule has 0 spiro atoms. The molecule has 7 nitrogen and oxygen atoms in total. The second kappa shape index (κ2) is 8.61. The fourth-order valence-electron chi connectivity index (χ4n) is 4.16. The first-order valence-corrected chi connectivity index (χ1v) is 10.1. The summed E-state index contributed by atoms with van der Waals surface area (Å²) in [4.78, 5) is 35.9. The number of aromatic nitrogens is 1. The maximum absolute atomic E-state index is 13.1. The van der Waals surface area contributed by atoms with Crippen LogP contribution in [-0.2, 0) is 11.3 Å². The van der Waals surface area contributed by atoms with Crippen molar-refractivity contribution in [1.82, 2.24) is 19.7 Å². The Bertz CT molecular complexity index is 865. The van der Waals surface area contributed by atoms with Crippen molar-refractivity contribution in [1.29, 1.82) is 0 Å². The van der Waals surface area contributed by atoms with E-state index in [4.69, 9.17) is 0 Å².